The highest BCUT2D eigenvalue weighted by molar-refractivity contribution is 4.84. The Morgan fingerprint density at radius 2 is 0.756 bits per heavy atom. The Morgan fingerprint density at radius 3 is 1.17 bits per heavy atom. The first-order valence-corrected chi connectivity index (χ1v) is 19.4. The Kier molecular flexibility index (Phi) is 28.6. The molecule has 0 N–H and O–H groups in total. The average molecular weight is 574 g/mol. The third-order valence-electron chi connectivity index (χ3n) is 9.35. The van der Waals surface area contributed by atoms with Gasteiger partial charge in [0.05, 0.1) is 13.1 Å². The molecule has 41 heavy (non-hydrogen) atoms. The minimum Gasteiger partial charge on any atom is -0.234 e. The molecular formula is C39H77N2+. The molecule has 0 fully saturated rings. The van der Waals surface area contributed by atoms with E-state index in [1.165, 1.54) is 212 Å². The lowest BCUT2D eigenvalue weighted by molar-refractivity contribution is -0.704. The van der Waals surface area contributed by atoms with E-state index in [0.717, 1.165) is 0 Å². The van der Waals surface area contributed by atoms with Gasteiger partial charge in [-0.15, -0.1) is 0 Å². The first-order valence-electron chi connectivity index (χ1n) is 19.4. The number of imidazole rings is 1. The van der Waals surface area contributed by atoms with Crippen molar-refractivity contribution in [3.8, 4) is 0 Å². The predicted octanol–water partition coefficient (Wildman–Crippen LogP) is 13.1. The molecule has 0 saturated carbocycles. The molecule has 1 heterocycles. The maximum atomic E-state index is 2.63. The first kappa shape index (κ1) is 38.2. The first-order chi connectivity index (χ1) is 20.3. The fourth-order valence-electron chi connectivity index (χ4n) is 6.50. The maximum absolute atomic E-state index is 2.63. The fraction of sp³-hybridized carbons (Fsp3) is 0.923. The summed E-state index contributed by atoms with van der Waals surface area (Å²) in [5.74, 6) is 1.62. The minimum atomic E-state index is 1.23. The summed E-state index contributed by atoms with van der Waals surface area (Å²) >= 11 is 0. The van der Waals surface area contributed by atoms with E-state index in [-0.39, 0.29) is 0 Å². The van der Waals surface area contributed by atoms with Crippen LogP contribution in [0.4, 0.5) is 0 Å². The lowest BCUT2D eigenvalue weighted by Crippen LogP contribution is -2.37. The van der Waals surface area contributed by atoms with Crippen molar-refractivity contribution in [1.29, 1.82) is 0 Å². The van der Waals surface area contributed by atoms with Crippen LogP contribution in [0.25, 0.3) is 0 Å². The molecule has 0 radical (unpaired) electrons. The van der Waals surface area contributed by atoms with E-state index in [4.69, 9.17) is 0 Å². The van der Waals surface area contributed by atoms with Gasteiger partial charge in [-0.25, -0.2) is 9.13 Å². The predicted molar refractivity (Wildman–Crippen MR) is 184 cm³/mol. The van der Waals surface area contributed by atoms with Crippen LogP contribution in [-0.4, -0.2) is 4.57 Å². The standard InChI is InChI=1S/C39H77N2/c1-4-7-10-13-16-19-21-22-24-27-30-33-36-41-38-37-40(35-32-29-26-23-20-17-14-11-8-5-2)39(41)34-31-28-25-18-15-12-9-6-3/h37-38H,4-36H2,1-3H3/q+1. The van der Waals surface area contributed by atoms with Crippen LogP contribution in [0, 0.1) is 0 Å². The second-order valence-corrected chi connectivity index (χ2v) is 13.4. The molecule has 0 spiro atoms. The molecule has 2 nitrogen and oxygen atoms in total. The fourth-order valence-corrected chi connectivity index (χ4v) is 6.50. The van der Waals surface area contributed by atoms with Crippen molar-refractivity contribution >= 4 is 0 Å². The molecule has 0 amide bonds. The van der Waals surface area contributed by atoms with E-state index in [1.807, 2.05) is 0 Å². The lowest BCUT2D eigenvalue weighted by atomic mass is 10.1. The van der Waals surface area contributed by atoms with Crippen LogP contribution in [0.1, 0.15) is 219 Å². The monoisotopic (exact) mass is 574 g/mol. The van der Waals surface area contributed by atoms with Crippen LogP contribution >= 0.6 is 0 Å². The van der Waals surface area contributed by atoms with Crippen LogP contribution in [0.3, 0.4) is 0 Å². The topological polar surface area (TPSA) is 8.81 Å². The second-order valence-electron chi connectivity index (χ2n) is 13.4. The molecule has 0 aliphatic carbocycles. The summed E-state index contributed by atoms with van der Waals surface area (Å²) in [7, 11) is 0. The number of hydrogen-bond donors (Lipinski definition) is 0. The van der Waals surface area contributed by atoms with Gasteiger partial charge in [-0.05, 0) is 32.1 Å². The largest absolute Gasteiger partial charge is 0.256 e. The van der Waals surface area contributed by atoms with Gasteiger partial charge in [0, 0.05) is 6.42 Å². The zero-order valence-corrected chi connectivity index (χ0v) is 28.9. The van der Waals surface area contributed by atoms with E-state index in [0.29, 0.717) is 0 Å². The van der Waals surface area contributed by atoms with Crippen molar-refractivity contribution in [3.63, 3.8) is 0 Å². The van der Waals surface area contributed by atoms with Gasteiger partial charge < -0.3 is 0 Å². The van der Waals surface area contributed by atoms with E-state index in [1.54, 1.807) is 5.82 Å². The summed E-state index contributed by atoms with van der Waals surface area (Å²) in [6.45, 7) is 9.40. The van der Waals surface area contributed by atoms with Gasteiger partial charge in [-0.2, -0.15) is 0 Å². The van der Waals surface area contributed by atoms with Crippen molar-refractivity contribution in [2.45, 2.75) is 233 Å². The molecule has 0 bridgehead atoms. The number of rotatable bonds is 33. The summed E-state index contributed by atoms with van der Waals surface area (Å²) in [5, 5.41) is 0. The molecule has 1 aromatic rings. The SMILES string of the molecule is CCCCCCCCCCCCCC[n+]1ccn(CCCCCCCCCCCC)c1CCCCCCCCCC. The van der Waals surface area contributed by atoms with Crippen LogP contribution in [0.2, 0.25) is 0 Å². The zero-order valence-electron chi connectivity index (χ0n) is 28.9. The third kappa shape index (κ3) is 23.4. The van der Waals surface area contributed by atoms with Crippen molar-refractivity contribution in [1.82, 2.24) is 4.57 Å². The summed E-state index contributed by atoms with van der Waals surface area (Å²) in [5.41, 5.74) is 0. The highest BCUT2D eigenvalue weighted by Gasteiger charge is 2.16. The van der Waals surface area contributed by atoms with E-state index < -0.39 is 0 Å². The van der Waals surface area contributed by atoms with Crippen molar-refractivity contribution in [3.05, 3.63) is 18.2 Å². The van der Waals surface area contributed by atoms with Crippen LogP contribution in [0.5, 0.6) is 0 Å². The van der Waals surface area contributed by atoms with Crippen LogP contribution < -0.4 is 4.57 Å². The Balaban J connectivity index is 2.30. The number of nitrogens with zero attached hydrogens (tertiary/aromatic N) is 2. The summed E-state index contributed by atoms with van der Waals surface area (Å²) in [6, 6.07) is 0. The Labute approximate surface area is 259 Å². The number of aryl methyl sites for hydroxylation is 2. The molecular weight excluding hydrogens is 496 g/mol. The zero-order chi connectivity index (χ0) is 29.5. The number of hydrogen-bond acceptors (Lipinski definition) is 0. The van der Waals surface area contributed by atoms with Gasteiger partial charge >= 0.3 is 0 Å². The summed E-state index contributed by atoms with van der Waals surface area (Å²) in [4.78, 5) is 0. The Bertz CT molecular complexity index is 634. The molecule has 0 aromatic carbocycles. The second kappa shape index (κ2) is 30.7. The summed E-state index contributed by atoms with van der Waals surface area (Å²) < 4.78 is 5.26. The van der Waals surface area contributed by atoms with Crippen molar-refractivity contribution in [2.75, 3.05) is 0 Å². The highest BCUT2D eigenvalue weighted by Crippen LogP contribution is 2.15. The highest BCUT2D eigenvalue weighted by atomic mass is 15.1. The molecule has 1 rings (SSSR count). The smallest absolute Gasteiger partial charge is 0.234 e. The normalized spacial score (nSPS) is 11.6. The quantitative estimate of drug-likeness (QED) is 0.0584. The van der Waals surface area contributed by atoms with Crippen LogP contribution in [0.15, 0.2) is 12.4 Å². The molecule has 2 heteroatoms. The molecule has 1 aromatic heterocycles. The van der Waals surface area contributed by atoms with Gasteiger partial charge in [0.2, 0.25) is 0 Å². The molecule has 242 valence electrons. The molecule has 0 aliphatic rings. The van der Waals surface area contributed by atoms with Gasteiger partial charge in [0.15, 0.2) is 0 Å². The van der Waals surface area contributed by atoms with Gasteiger partial charge in [0.25, 0.3) is 5.82 Å². The summed E-state index contributed by atoms with van der Waals surface area (Å²) in [6.07, 6.45) is 48.9. The van der Waals surface area contributed by atoms with Gasteiger partial charge in [0.1, 0.15) is 12.4 Å². The Hall–Kier alpha value is -0.790. The average Bonchev–Trinajstić information content (AvgIpc) is 3.37. The maximum Gasteiger partial charge on any atom is 0.256 e. The molecule has 0 aliphatic heterocycles. The van der Waals surface area contributed by atoms with Gasteiger partial charge in [-0.3, -0.25) is 0 Å². The molecule has 0 saturated heterocycles. The number of unbranched alkanes of at least 4 members (excludes halogenated alkanes) is 27. The van der Waals surface area contributed by atoms with E-state index >= 15 is 0 Å². The van der Waals surface area contributed by atoms with Crippen molar-refractivity contribution < 1.29 is 4.57 Å². The third-order valence-corrected chi connectivity index (χ3v) is 9.35. The van der Waals surface area contributed by atoms with E-state index in [9.17, 15) is 0 Å². The molecule has 0 atom stereocenters. The molecule has 0 unspecified atom stereocenters. The van der Waals surface area contributed by atoms with Gasteiger partial charge in [-0.1, -0.05) is 181 Å². The van der Waals surface area contributed by atoms with E-state index in [2.05, 4.69) is 42.3 Å². The number of aromatic nitrogens is 2. The minimum absolute atomic E-state index is 1.23. The Morgan fingerprint density at radius 1 is 0.415 bits per heavy atom. The van der Waals surface area contributed by atoms with Crippen LogP contribution in [-0.2, 0) is 19.5 Å². The lowest BCUT2D eigenvalue weighted by Gasteiger charge is -2.07. The van der Waals surface area contributed by atoms with Crippen molar-refractivity contribution in [2.24, 2.45) is 0 Å².